The molecule has 20 atom stereocenters. The van der Waals surface area contributed by atoms with Crippen molar-refractivity contribution in [3.05, 3.63) is 70.4 Å². The van der Waals surface area contributed by atoms with Crippen LogP contribution in [0.2, 0.25) is 0 Å². The van der Waals surface area contributed by atoms with Crippen LogP contribution in [0.5, 0.6) is 40.2 Å². The van der Waals surface area contributed by atoms with Gasteiger partial charge in [-0.1, -0.05) is 6.07 Å². The van der Waals surface area contributed by atoms with E-state index in [1.54, 1.807) is 0 Å². The lowest BCUT2D eigenvalue weighted by atomic mass is 9.96. The zero-order valence-corrected chi connectivity index (χ0v) is 39.9. The van der Waals surface area contributed by atoms with Gasteiger partial charge in [0.25, 0.3) is 0 Å². The highest BCUT2D eigenvalue weighted by atomic mass is 16.8. The molecule has 77 heavy (non-hydrogen) atoms. The van der Waals surface area contributed by atoms with Gasteiger partial charge in [-0.05, 0) is 48.9 Å². The second-order valence-corrected chi connectivity index (χ2v) is 18.4. The zero-order chi connectivity index (χ0) is 55.9. The number of aliphatic hydroxyl groups excluding tert-OH is 11. The van der Waals surface area contributed by atoms with E-state index in [1.165, 1.54) is 19.1 Å². The maximum Gasteiger partial charge on any atom is 0.330 e. The van der Waals surface area contributed by atoms with Crippen LogP contribution in [0.3, 0.4) is 0 Å². The lowest BCUT2D eigenvalue weighted by Gasteiger charge is -2.48. The molecule has 0 bridgehead atoms. The van der Waals surface area contributed by atoms with E-state index in [1.807, 2.05) is 0 Å². The van der Waals surface area contributed by atoms with Gasteiger partial charge in [-0.25, -0.2) is 4.79 Å². The monoisotopic (exact) mass is 1100 g/mol. The van der Waals surface area contributed by atoms with Gasteiger partial charge in [0.1, 0.15) is 115 Å². The van der Waals surface area contributed by atoms with E-state index >= 15 is 0 Å². The number of hydrogen-bond donors (Lipinski definition) is 17. The Morgan fingerprint density at radius 2 is 1.14 bits per heavy atom. The first kappa shape index (κ1) is 57.1. The predicted molar refractivity (Wildman–Crippen MR) is 248 cm³/mol. The molecule has 4 aliphatic heterocycles. The summed E-state index contributed by atoms with van der Waals surface area (Å²) in [5, 5.41) is 181. The van der Waals surface area contributed by atoms with E-state index < -0.39 is 211 Å². The lowest BCUT2D eigenvalue weighted by molar-refractivity contribution is -0.390. The number of fused-ring (bicyclic) bond motifs is 1. The summed E-state index contributed by atoms with van der Waals surface area (Å²) in [5.74, 6) is -6.29. The van der Waals surface area contributed by atoms with Crippen LogP contribution in [-0.2, 0) is 42.7 Å². The number of ether oxygens (including phenoxy) is 9. The number of aromatic hydroxyl groups is 6. The maximum atomic E-state index is 14.5. The van der Waals surface area contributed by atoms with Gasteiger partial charge in [-0.15, -0.1) is 0 Å². The van der Waals surface area contributed by atoms with Crippen LogP contribution in [0.15, 0.2) is 63.8 Å². The Kier molecular flexibility index (Phi) is 17.4. The van der Waals surface area contributed by atoms with Crippen molar-refractivity contribution < 1.29 is 139 Å². The molecule has 0 saturated carbocycles. The number of carbonyl (C=O) groups excluding carboxylic acids is 1. The third kappa shape index (κ3) is 11.9. The van der Waals surface area contributed by atoms with Gasteiger partial charge in [0.05, 0.1) is 19.3 Å². The number of carbonyl (C=O) groups is 1. The first-order valence-corrected chi connectivity index (χ1v) is 23.5. The van der Waals surface area contributed by atoms with Crippen molar-refractivity contribution in [1.29, 1.82) is 0 Å². The Morgan fingerprint density at radius 1 is 0.571 bits per heavy atom. The van der Waals surface area contributed by atoms with Gasteiger partial charge in [0.2, 0.25) is 17.5 Å². The van der Waals surface area contributed by atoms with Crippen molar-refractivity contribution in [2.24, 2.45) is 0 Å². The average Bonchev–Trinajstić information content (AvgIpc) is 3.41. The van der Waals surface area contributed by atoms with Gasteiger partial charge in [-0.2, -0.15) is 0 Å². The standard InChI is InChI=1S/C48H56O29/c1-15-30(57)35(62)39(66)45(70-15)69-14-27-33(60)38(65)44(48(74-27)75-42-34(61)29-23(55)10-18(50)11-24(29)71-41(42)17-4-6-20(52)22(54)9-17)77-47-43(37(64)31(58)25(12-49)72-47)76-46-40(67)36(63)32(59)26(73-46)13-68-28(56)7-3-16-2-5-19(51)21(53)8-16/h2-11,15,25-27,30-33,35-40,43-55,57-60,62-67H,12-14H2,1H3. The molecule has 0 radical (unpaired) electrons. The normalized spacial score (nSPS) is 35.7. The van der Waals surface area contributed by atoms with E-state index in [0.29, 0.717) is 0 Å². The molecule has 29 heteroatoms. The van der Waals surface area contributed by atoms with E-state index in [4.69, 9.17) is 47.0 Å². The van der Waals surface area contributed by atoms with Crippen molar-refractivity contribution in [1.82, 2.24) is 0 Å². The highest BCUT2D eigenvalue weighted by Crippen LogP contribution is 2.41. The van der Waals surface area contributed by atoms with E-state index in [2.05, 4.69) is 0 Å². The fourth-order valence-electron chi connectivity index (χ4n) is 8.78. The molecular weight excluding hydrogens is 1040 g/mol. The Morgan fingerprint density at radius 3 is 1.82 bits per heavy atom. The summed E-state index contributed by atoms with van der Waals surface area (Å²) in [5.41, 5.74) is -1.64. The molecule has 4 aromatic rings. The number of phenolic OH excluding ortho intramolecular Hbond substituents is 6. The molecule has 17 N–H and O–H groups in total. The number of phenols is 6. The SMILES string of the molecule is CC1OC(OCC2OC(Oc3c(-c4ccc(O)c(O)c4)oc4cc(O)cc(O)c4c3=O)C(OC3OC(CO)C(O)C(O)C3OC3OC(COC(=O)C=Cc4ccc(O)c(O)c4)C(O)C(O)C3O)C(O)C2O)C(O)C(O)C1O. The van der Waals surface area contributed by atoms with Gasteiger partial charge in [0.15, 0.2) is 53.7 Å². The molecule has 0 aliphatic carbocycles. The first-order chi connectivity index (χ1) is 36.5. The van der Waals surface area contributed by atoms with Gasteiger partial charge >= 0.3 is 5.97 Å². The summed E-state index contributed by atoms with van der Waals surface area (Å²) in [7, 11) is 0. The van der Waals surface area contributed by atoms with E-state index in [9.17, 15) is 96.4 Å². The number of aliphatic hydroxyl groups is 11. The molecule has 4 aliphatic rings. The molecule has 8 rings (SSSR count). The molecule has 1 aromatic heterocycles. The fraction of sp³-hybridized carbons (Fsp3) is 0.500. The highest BCUT2D eigenvalue weighted by Gasteiger charge is 2.55. The number of rotatable bonds is 15. The van der Waals surface area contributed by atoms with E-state index in [-0.39, 0.29) is 11.1 Å². The van der Waals surface area contributed by atoms with Crippen molar-refractivity contribution >= 4 is 23.0 Å². The fourth-order valence-corrected chi connectivity index (χ4v) is 8.78. The summed E-state index contributed by atoms with van der Waals surface area (Å²) in [6.07, 6.45) is -37.3. The van der Waals surface area contributed by atoms with Gasteiger partial charge < -0.3 is 134 Å². The highest BCUT2D eigenvalue weighted by molar-refractivity contribution is 5.88. The summed E-state index contributed by atoms with van der Waals surface area (Å²) in [6.45, 7) is -1.38. The van der Waals surface area contributed by atoms with Crippen LogP contribution in [0.4, 0.5) is 0 Å². The molecular formula is C48H56O29. The number of esters is 1. The second-order valence-electron chi connectivity index (χ2n) is 18.4. The van der Waals surface area contributed by atoms with Crippen LogP contribution >= 0.6 is 0 Å². The third-order valence-corrected chi connectivity index (χ3v) is 13.1. The molecule has 5 heterocycles. The summed E-state index contributed by atoms with van der Waals surface area (Å²) >= 11 is 0. The molecule has 4 fully saturated rings. The Hall–Kier alpha value is -6.04. The minimum atomic E-state index is -2.31. The topological polar surface area (TPSA) is 474 Å². The maximum absolute atomic E-state index is 14.5. The van der Waals surface area contributed by atoms with Crippen molar-refractivity contribution in [3.63, 3.8) is 0 Å². The summed E-state index contributed by atoms with van der Waals surface area (Å²) in [4.78, 5) is 27.1. The first-order valence-electron chi connectivity index (χ1n) is 23.5. The largest absolute Gasteiger partial charge is 0.508 e. The Balaban J connectivity index is 1.12. The number of hydrogen-bond acceptors (Lipinski definition) is 29. The molecule has 20 unspecified atom stereocenters. The average molecular weight is 1100 g/mol. The minimum absolute atomic E-state index is 0.214. The summed E-state index contributed by atoms with van der Waals surface area (Å²) in [6, 6.07) is 8.38. The number of benzene rings is 3. The van der Waals surface area contributed by atoms with E-state index in [0.717, 1.165) is 48.5 Å². The van der Waals surface area contributed by atoms with Crippen LogP contribution in [0, 0.1) is 0 Å². The smallest absolute Gasteiger partial charge is 0.330 e. The van der Waals surface area contributed by atoms with Crippen LogP contribution in [0.25, 0.3) is 28.4 Å². The molecule has 4 saturated heterocycles. The molecule has 0 amide bonds. The Labute approximate surface area is 432 Å². The van der Waals surface area contributed by atoms with Crippen LogP contribution < -0.4 is 10.2 Å². The van der Waals surface area contributed by atoms with Crippen molar-refractivity contribution in [2.75, 3.05) is 19.8 Å². The van der Waals surface area contributed by atoms with Gasteiger partial charge in [-0.3, -0.25) is 4.79 Å². The van der Waals surface area contributed by atoms with Crippen LogP contribution in [-0.4, -0.2) is 235 Å². The quantitative estimate of drug-likeness (QED) is 0.0304. The third-order valence-electron chi connectivity index (χ3n) is 13.1. The summed E-state index contributed by atoms with van der Waals surface area (Å²) < 4.78 is 57.8. The minimum Gasteiger partial charge on any atom is -0.508 e. The van der Waals surface area contributed by atoms with Crippen molar-refractivity contribution in [2.45, 2.75) is 130 Å². The second kappa shape index (κ2) is 23.5. The Bertz CT molecular complexity index is 2810. The zero-order valence-electron chi connectivity index (χ0n) is 39.9. The lowest BCUT2D eigenvalue weighted by Crippen LogP contribution is -2.67. The molecule has 422 valence electrons. The molecule has 29 nitrogen and oxygen atoms in total. The van der Waals surface area contributed by atoms with Gasteiger partial charge in [0, 0.05) is 23.8 Å². The molecule has 3 aromatic carbocycles. The predicted octanol–water partition coefficient (Wildman–Crippen LogP) is -4.36. The van der Waals surface area contributed by atoms with Crippen molar-refractivity contribution in [3.8, 4) is 51.6 Å². The van der Waals surface area contributed by atoms with Crippen LogP contribution in [0.1, 0.15) is 12.5 Å². The molecule has 0 spiro atoms.